The van der Waals surface area contributed by atoms with Gasteiger partial charge in [0.05, 0.1) is 13.0 Å². The Morgan fingerprint density at radius 2 is 1.55 bits per heavy atom. The molecule has 0 spiro atoms. The topological polar surface area (TPSA) is 64.6 Å². The molecule has 5 heteroatoms. The molecule has 29 heavy (non-hydrogen) atoms. The van der Waals surface area contributed by atoms with Crippen LogP contribution in [0.1, 0.15) is 27.9 Å². The van der Waals surface area contributed by atoms with Crippen molar-refractivity contribution in [2.75, 3.05) is 11.9 Å². The number of hydrogen-bond donors (Lipinski definition) is 1. The summed E-state index contributed by atoms with van der Waals surface area (Å²) in [4.78, 5) is 24.1. The second-order valence-electron chi connectivity index (χ2n) is 6.59. The van der Waals surface area contributed by atoms with Gasteiger partial charge in [0, 0.05) is 11.3 Å². The van der Waals surface area contributed by atoms with E-state index in [-0.39, 0.29) is 31.5 Å². The van der Waals surface area contributed by atoms with Crippen LogP contribution in [0.5, 0.6) is 5.75 Å². The molecular weight excluding hydrogens is 366 g/mol. The zero-order valence-electron chi connectivity index (χ0n) is 16.3. The summed E-state index contributed by atoms with van der Waals surface area (Å²) < 4.78 is 10.8. The van der Waals surface area contributed by atoms with Crippen molar-refractivity contribution >= 4 is 17.6 Å². The van der Waals surface area contributed by atoms with Gasteiger partial charge in [-0.25, -0.2) is 0 Å². The standard InChI is InChI=1S/C24H23NO4/c1-18-7-13-22(14-8-18)28-16-15-23(26)29-17-19-9-11-20(12-10-19)24(27)25-21-5-3-2-4-6-21/h2-14H,15-17H2,1H3,(H,25,27). The number of carbonyl (C=O) groups excluding carboxylic acids is 2. The van der Waals surface area contributed by atoms with Crippen molar-refractivity contribution in [3.8, 4) is 5.75 Å². The molecule has 3 aromatic rings. The molecule has 148 valence electrons. The number of aryl methyl sites for hydroxylation is 1. The Hall–Kier alpha value is -3.60. The summed E-state index contributed by atoms with van der Waals surface area (Å²) in [7, 11) is 0. The molecule has 0 saturated heterocycles. The molecular formula is C24H23NO4. The van der Waals surface area contributed by atoms with Gasteiger partial charge in [-0.3, -0.25) is 9.59 Å². The first-order valence-corrected chi connectivity index (χ1v) is 9.40. The molecule has 1 N–H and O–H groups in total. The van der Waals surface area contributed by atoms with Crippen LogP contribution >= 0.6 is 0 Å². The summed E-state index contributed by atoms with van der Waals surface area (Å²) in [6.45, 7) is 2.42. The number of carbonyl (C=O) groups is 2. The number of hydrogen-bond acceptors (Lipinski definition) is 4. The molecule has 1 amide bonds. The number of ether oxygens (including phenoxy) is 2. The molecule has 0 aliphatic carbocycles. The molecule has 0 saturated carbocycles. The average Bonchev–Trinajstić information content (AvgIpc) is 2.75. The van der Waals surface area contributed by atoms with Gasteiger partial charge in [0.25, 0.3) is 5.91 Å². The predicted molar refractivity (Wildman–Crippen MR) is 112 cm³/mol. The Morgan fingerprint density at radius 1 is 0.862 bits per heavy atom. The summed E-state index contributed by atoms with van der Waals surface area (Å²) in [6.07, 6.45) is 0.172. The fourth-order valence-electron chi connectivity index (χ4n) is 2.60. The van der Waals surface area contributed by atoms with Gasteiger partial charge < -0.3 is 14.8 Å². The predicted octanol–water partition coefficient (Wildman–Crippen LogP) is 4.76. The number of nitrogens with one attached hydrogen (secondary N) is 1. The second kappa shape index (κ2) is 10.1. The lowest BCUT2D eigenvalue weighted by Gasteiger charge is -2.08. The van der Waals surface area contributed by atoms with Gasteiger partial charge in [-0.15, -0.1) is 0 Å². The summed E-state index contributed by atoms with van der Waals surface area (Å²) >= 11 is 0. The van der Waals surface area contributed by atoms with Gasteiger partial charge in [-0.1, -0.05) is 48.0 Å². The van der Waals surface area contributed by atoms with Crippen molar-refractivity contribution in [3.05, 3.63) is 95.6 Å². The molecule has 0 heterocycles. The van der Waals surface area contributed by atoms with Crippen LogP contribution in [0.2, 0.25) is 0 Å². The van der Waals surface area contributed by atoms with Crippen LogP contribution in [0, 0.1) is 6.92 Å². The molecule has 0 fully saturated rings. The van der Waals surface area contributed by atoms with E-state index in [1.54, 1.807) is 24.3 Å². The maximum absolute atomic E-state index is 12.2. The smallest absolute Gasteiger partial charge is 0.309 e. The lowest BCUT2D eigenvalue weighted by molar-refractivity contribution is -0.145. The normalized spacial score (nSPS) is 10.2. The van der Waals surface area contributed by atoms with E-state index < -0.39 is 0 Å². The third-order valence-corrected chi connectivity index (χ3v) is 4.24. The monoisotopic (exact) mass is 389 g/mol. The van der Waals surface area contributed by atoms with Crippen molar-refractivity contribution in [3.63, 3.8) is 0 Å². The van der Waals surface area contributed by atoms with Crippen molar-refractivity contribution in [1.82, 2.24) is 0 Å². The fourth-order valence-corrected chi connectivity index (χ4v) is 2.60. The highest BCUT2D eigenvalue weighted by atomic mass is 16.5. The Kier molecular flexibility index (Phi) is 7.00. The number of amides is 1. The lowest BCUT2D eigenvalue weighted by Crippen LogP contribution is -2.12. The Labute approximate surface area is 170 Å². The van der Waals surface area contributed by atoms with Crippen LogP contribution < -0.4 is 10.1 Å². The first-order valence-electron chi connectivity index (χ1n) is 9.40. The summed E-state index contributed by atoms with van der Waals surface area (Å²) in [5, 5.41) is 2.83. The van der Waals surface area contributed by atoms with Gasteiger partial charge in [0.1, 0.15) is 12.4 Å². The summed E-state index contributed by atoms with van der Waals surface area (Å²) in [5.74, 6) is 0.212. The average molecular weight is 389 g/mol. The highest BCUT2D eigenvalue weighted by Gasteiger charge is 2.08. The van der Waals surface area contributed by atoms with Gasteiger partial charge in [0.2, 0.25) is 0 Å². The Bertz CT molecular complexity index is 935. The minimum Gasteiger partial charge on any atom is -0.493 e. The van der Waals surface area contributed by atoms with Crippen LogP contribution in [0.4, 0.5) is 5.69 Å². The molecule has 0 aliphatic heterocycles. The third-order valence-electron chi connectivity index (χ3n) is 4.24. The van der Waals surface area contributed by atoms with Crippen LogP contribution in [-0.2, 0) is 16.1 Å². The van der Waals surface area contributed by atoms with Crippen molar-refractivity contribution in [2.45, 2.75) is 20.0 Å². The van der Waals surface area contributed by atoms with Gasteiger partial charge >= 0.3 is 5.97 Å². The van der Waals surface area contributed by atoms with Crippen molar-refractivity contribution < 1.29 is 19.1 Å². The van der Waals surface area contributed by atoms with Crippen LogP contribution in [0.25, 0.3) is 0 Å². The van der Waals surface area contributed by atoms with Crippen LogP contribution in [-0.4, -0.2) is 18.5 Å². The lowest BCUT2D eigenvalue weighted by atomic mass is 10.1. The van der Waals surface area contributed by atoms with Gasteiger partial charge in [-0.05, 0) is 48.9 Å². The van der Waals surface area contributed by atoms with Crippen LogP contribution in [0.15, 0.2) is 78.9 Å². The number of anilines is 1. The number of rotatable bonds is 8. The largest absolute Gasteiger partial charge is 0.493 e. The zero-order valence-corrected chi connectivity index (χ0v) is 16.3. The quantitative estimate of drug-likeness (QED) is 0.564. The van der Waals surface area contributed by atoms with Gasteiger partial charge in [0.15, 0.2) is 0 Å². The maximum atomic E-state index is 12.2. The van der Waals surface area contributed by atoms with E-state index in [0.29, 0.717) is 5.56 Å². The fraction of sp³-hybridized carbons (Fsp3) is 0.167. The van der Waals surface area contributed by atoms with E-state index in [1.807, 2.05) is 61.5 Å². The molecule has 0 aromatic heterocycles. The molecule has 5 nitrogen and oxygen atoms in total. The molecule has 0 bridgehead atoms. The van der Waals surface area contributed by atoms with Crippen molar-refractivity contribution in [1.29, 1.82) is 0 Å². The third kappa shape index (κ3) is 6.50. The molecule has 0 unspecified atom stereocenters. The second-order valence-corrected chi connectivity index (χ2v) is 6.59. The molecule has 3 rings (SSSR count). The first-order chi connectivity index (χ1) is 14.1. The zero-order chi connectivity index (χ0) is 20.5. The maximum Gasteiger partial charge on any atom is 0.309 e. The number of esters is 1. The van der Waals surface area contributed by atoms with E-state index in [2.05, 4.69) is 5.32 Å². The van der Waals surface area contributed by atoms with E-state index >= 15 is 0 Å². The minimum absolute atomic E-state index is 0.157. The highest BCUT2D eigenvalue weighted by molar-refractivity contribution is 6.04. The van der Waals surface area contributed by atoms with Crippen molar-refractivity contribution in [2.24, 2.45) is 0 Å². The minimum atomic E-state index is -0.331. The first kappa shape index (κ1) is 20.1. The molecule has 0 radical (unpaired) electrons. The Balaban J connectivity index is 1.40. The molecule has 3 aromatic carbocycles. The number of para-hydroxylation sites is 1. The summed E-state index contributed by atoms with van der Waals surface area (Å²) in [5.41, 5.74) is 3.24. The Morgan fingerprint density at radius 3 is 2.24 bits per heavy atom. The SMILES string of the molecule is Cc1ccc(OCCC(=O)OCc2ccc(C(=O)Nc3ccccc3)cc2)cc1. The van der Waals surface area contributed by atoms with E-state index in [1.165, 1.54) is 0 Å². The number of benzene rings is 3. The van der Waals surface area contributed by atoms with Gasteiger partial charge in [-0.2, -0.15) is 0 Å². The highest BCUT2D eigenvalue weighted by Crippen LogP contribution is 2.13. The summed E-state index contributed by atoms with van der Waals surface area (Å²) in [6, 6.07) is 23.9. The molecule has 0 aliphatic rings. The van der Waals surface area contributed by atoms with E-state index in [4.69, 9.17) is 9.47 Å². The van der Waals surface area contributed by atoms with Crippen LogP contribution in [0.3, 0.4) is 0 Å². The van der Waals surface area contributed by atoms with E-state index in [0.717, 1.165) is 22.6 Å². The van der Waals surface area contributed by atoms with E-state index in [9.17, 15) is 9.59 Å². The molecule has 0 atom stereocenters.